The minimum Gasteiger partial charge on any atom is -0.548 e. The molecule has 1 aromatic carbocycles. The third-order valence-corrected chi connectivity index (χ3v) is 10.0. The van der Waals surface area contributed by atoms with Crippen LogP contribution in [-0.4, -0.2) is 101 Å². The van der Waals surface area contributed by atoms with Gasteiger partial charge < -0.3 is 30.3 Å². The van der Waals surface area contributed by atoms with Crippen molar-refractivity contribution < 1.29 is 71.8 Å². The summed E-state index contributed by atoms with van der Waals surface area (Å²) < 4.78 is 24.3. The van der Waals surface area contributed by atoms with Gasteiger partial charge in [0, 0.05) is 19.6 Å². The number of β-lactam (4-membered cyclic amide) rings is 1. The van der Waals surface area contributed by atoms with E-state index in [2.05, 4.69) is 10.6 Å². The first-order valence-corrected chi connectivity index (χ1v) is 13.3. The number of carboxylic acids is 1. The Labute approximate surface area is 246 Å². The molecule has 16 heteroatoms. The molecule has 3 saturated heterocycles. The number of hydrogen-bond acceptors (Lipinski definition) is 9. The number of nitrogens with zero attached hydrogens (tertiary/aromatic N) is 3. The molecule has 3 aliphatic heterocycles. The number of imide groups is 1. The molecule has 4 atom stereocenters. The number of rotatable bonds is 6. The molecule has 0 bridgehead atoms. The molecule has 0 spiro atoms. The number of hydrogen-bond donors (Lipinski definition) is 2. The number of sulfone groups is 1. The molecule has 0 aromatic heterocycles. The first-order chi connectivity index (χ1) is 17.8. The second-order valence-electron chi connectivity index (χ2n) is 9.63. The maximum Gasteiger partial charge on any atom is 1.00 e. The van der Waals surface area contributed by atoms with Crippen molar-refractivity contribution in [3.05, 3.63) is 35.9 Å². The Hall–Kier alpha value is -3.01. The molecule has 3 heterocycles. The fraction of sp³-hybridized carbons (Fsp3) is 0.478. The first-order valence-electron chi connectivity index (χ1n) is 11.8. The predicted molar refractivity (Wildman–Crippen MR) is 126 cm³/mol. The standard InChI is InChI=1S/C23H27N5O9S.Na/c1-4-26-10-11-27(19(32)18(26)31)22(35)25-13(12-8-6-5-7-9-12)16(29)24-14-17(30)28-15(21(33)34)23(2,3)38(36,37)20(14)28;/h5-9,13-15,20H,4,10-11H2,1-3H3,(H,24,29)(H,25,35)(H,33,34);/q;+1/p-1/t13-,14-,15+,20-;/m1./s1. The second-order valence-corrected chi connectivity index (χ2v) is 12.3. The fourth-order valence-corrected chi connectivity index (χ4v) is 7.19. The molecule has 1 aromatic rings. The maximum absolute atomic E-state index is 13.3. The van der Waals surface area contributed by atoms with Crippen molar-refractivity contribution in [2.24, 2.45) is 0 Å². The SMILES string of the molecule is CCN1CCN(C(=O)N[C@@H](C(=O)N[C@@H]2C(=O)N3[C@@H](C(=O)[O-])C(C)(C)S(=O)(=O)[C@H]23)c2ccccc2)C(=O)C1=O.[Na+]. The maximum atomic E-state index is 13.3. The molecule has 2 N–H and O–H groups in total. The molecule has 4 rings (SSSR count). The van der Waals surface area contributed by atoms with Crippen LogP contribution in [0.5, 0.6) is 0 Å². The third kappa shape index (κ3) is 4.81. The van der Waals surface area contributed by atoms with Gasteiger partial charge in [0.2, 0.25) is 11.8 Å². The van der Waals surface area contributed by atoms with E-state index in [0.717, 1.165) is 13.8 Å². The Morgan fingerprint density at radius 1 is 1.08 bits per heavy atom. The van der Waals surface area contributed by atoms with Crippen molar-refractivity contribution in [3.63, 3.8) is 0 Å². The Balaban J connectivity index is 0.00000420. The molecule has 204 valence electrons. The average Bonchev–Trinajstić information content (AvgIpc) is 3.02. The zero-order valence-corrected chi connectivity index (χ0v) is 24.6. The minimum atomic E-state index is -4.25. The van der Waals surface area contributed by atoms with E-state index in [-0.39, 0.29) is 54.8 Å². The molecular formula is C23H26N5NaO9S. The zero-order chi connectivity index (χ0) is 28.2. The van der Waals surface area contributed by atoms with E-state index < -0.39 is 73.7 Å². The van der Waals surface area contributed by atoms with Crippen LogP contribution in [0.25, 0.3) is 0 Å². The number of fused-ring (bicyclic) bond motifs is 1. The topological polar surface area (TPSA) is 193 Å². The fourth-order valence-electron chi connectivity index (χ4n) is 4.98. The van der Waals surface area contributed by atoms with Gasteiger partial charge in [-0.2, -0.15) is 0 Å². The van der Waals surface area contributed by atoms with Gasteiger partial charge in [-0.15, -0.1) is 0 Å². The smallest absolute Gasteiger partial charge is 0.548 e. The number of piperazine rings is 1. The second kappa shape index (κ2) is 10.9. The number of carboxylic acid groups (broad SMARTS) is 1. The van der Waals surface area contributed by atoms with Crippen LogP contribution < -0.4 is 45.3 Å². The monoisotopic (exact) mass is 571 g/mol. The predicted octanol–water partition coefficient (Wildman–Crippen LogP) is -5.89. The van der Waals surface area contributed by atoms with Crippen LogP contribution in [0.2, 0.25) is 0 Å². The summed E-state index contributed by atoms with van der Waals surface area (Å²) in [5, 5.41) is 14.7. The summed E-state index contributed by atoms with van der Waals surface area (Å²) in [6.45, 7) is 4.29. The molecule has 14 nitrogen and oxygen atoms in total. The number of nitrogens with one attached hydrogen (secondary N) is 2. The van der Waals surface area contributed by atoms with Gasteiger partial charge in [0.25, 0.3) is 0 Å². The van der Waals surface area contributed by atoms with Gasteiger partial charge in [0.05, 0.1) is 16.8 Å². The van der Waals surface area contributed by atoms with Crippen LogP contribution in [0.3, 0.4) is 0 Å². The van der Waals surface area contributed by atoms with Crippen LogP contribution in [0, 0.1) is 0 Å². The van der Waals surface area contributed by atoms with Crippen molar-refractivity contribution in [1.29, 1.82) is 0 Å². The van der Waals surface area contributed by atoms with E-state index in [0.29, 0.717) is 9.80 Å². The number of carbonyl (C=O) groups is 6. The molecule has 3 aliphatic rings. The van der Waals surface area contributed by atoms with Gasteiger partial charge in [-0.05, 0) is 26.3 Å². The van der Waals surface area contributed by atoms with Crippen molar-refractivity contribution in [2.45, 2.75) is 49.0 Å². The summed E-state index contributed by atoms with van der Waals surface area (Å²) in [5.41, 5.74) is 0.246. The van der Waals surface area contributed by atoms with Crippen LogP contribution in [-0.2, 0) is 33.8 Å². The van der Waals surface area contributed by atoms with Gasteiger partial charge >= 0.3 is 47.4 Å². The summed E-state index contributed by atoms with van der Waals surface area (Å²) in [5.74, 6) is -5.58. The molecule has 0 saturated carbocycles. The quantitative estimate of drug-likeness (QED) is 0.190. The summed E-state index contributed by atoms with van der Waals surface area (Å²) in [7, 11) is -4.25. The number of likely N-dealkylation sites (N-methyl/N-ethyl adjacent to an activating group) is 1. The number of carbonyl (C=O) groups excluding carboxylic acids is 6. The van der Waals surface area contributed by atoms with Crippen LogP contribution in [0.1, 0.15) is 32.4 Å². The van der Waals surface area contributed by atoms with Gasteiger partial charge in [-0.3, -0.25) is 24.1 Å². The Morgan fingerprint density at radius 3 is 2.26 bits per heavy atom. The summed E-state index contributed by atoms with van der Waals surface area (Å²) in [4.78, 5) is 78.0. The van der Waals surface area contributed by atoms with Crippen LogP contribution >= 0.6 is 0 Å². The van der Waals surface area contributed by atoms with E-state index in [4.69, 9.17) is 0 Å². The third-order valence-electron chi connectivity index (χ3n) is 7.19. The van der Waals surface area contributed by atoms with E-state index in [1.54, 1.807) is 25.1 Å². The molecule has 0 aliphatic carbocycles. The molecule has 3 fully saturated rings. The molecular weight excluding hydrogens is 545 g/mol. The molecule has 0 unspecified atom stereocenters. The molecule has 0 radical (unpaired) electrons. The molecule has 39 heavy (non-hydrogen) atoms. The number of urea groups is 1. The Kier molecular flexibility index (Phi) is 8.51. The van der Waals surface area contributed by atoms with Crippen molar-refractivity contribution in [1.82, 2.24) is 25.3 Å². The van der Waals surface area contributed by atoms with E-state index in [1.807, 2.05) is 0 Å². The van der Waals surface area contributed by atoms with Crippen LogP contribution in [0.15, 0.2) is 30.3 Å². The molecule has 6 amide bonds. The first kappa shape index (κ1) is 30.5. The number of amides is 6. The average molecular weight is 572 g/mol. The number of benzene rings is 1. The van der Waals surface area contributed by atoms with Gasteiger partial charge in [-0.25, -0.2) is 13.2 Å². The van der Waals surface area contributed by atoms with E-state index in [9.17, 15) is 42.3 Å². The van der Waals surface area contributed by atoms with Gasteiger partial charge in [-0.1, -0.05) is 30.3 Å². The zero-order valence-electron chi connectivity index (χ0n) is 21.7. The largest absolute Gasteiger partial charge is 1.00 e. The summed E-state index contributed by atoms with van der Waals surface area (Å²) in [6, 6.07) is 1.91. The Bertz CT molecular complexity index is 1340. The van der Waals surface area contributed by atoms with Crippen molar-refractivity contribution in [2.75, 3.05) is 19.6 Å². The van der Waals surface area contributed by atoms with Gasteiger partial charge in [0.15, 0.2) is 15.2 Å². The summed E-state index contributed by atoms with van der Waals surface area (Å²) in [6.07, 6.45) is 0. The van der Waals surface area contributed by atoms with Crippen molar-refractivity contribution in [3.8, 4) is 0 Å². The van der Waals surface area contributed by atoms with E-state index >= 15 is 0 Å². The Morgan fingerprint density at radius 2 is 1.69 bits per heavy atom. The summed E-state index contributed by atoms with van der Waals surface area (Å²) >= 11 is 0. The van der Waals surface area contributed by atoms with Gasteiger partial charge in [0.1, 0.15) is 12.1 Å². The minimum absolute atomic E-state index is 0. The van der Waals surface area contributed by atoms with Crippen LogP contribution in [0.4, 0.5) is 4.79 Å². The van der Waals surface area contributed by atoms with Crippen molar-refractivity contribution >= 4 is 45.5 Å². The normalized spacial score (nSPS) is 25.7. The number of aliphatic carboxylic acids is 1. The van der Waals surface area contributed by atoms with E-state index in [1.165, 1.54) is 17.0 Å².